The molecule has 1 aromatic heterocycles. The molecule has 0 amide bonds. The minimum absolute atomic E-state index is 0.0331. The van der Waals surface area contributed by atoms with Gasteiger partial charge < -0.3 is 19.9 Å². The molecule has 0 unspecified atom stereocenters. The van der Waals surface area contributed by atoms with Crippen molar-refractivity contribution in [3.05, 3.63) is 46.4 Å². The number of hydrogen-bond acceptors (Lipinski definition) is 6. The first kappa shape index (κ1) is 19.7. The van der Waals surface area contributed by atoms with Gasteiger partial charge in [-0.1, -0.05) is 0 Å². The SMILES string of the molecule is CCOC(=O)C1=C(COC(C)C)NC(c2ccnc(C)c2)=C(C(=O)O)C1. The first-order valence-corrected chi connectivity index (χ1v) is 8.50. The summed E-state index contributed by atoms with van der Waals surface area (Å²) in [4.78, 5) is 28.3. The van der Waals surface area contributed by atoms with Crippen LogP contribution in [0.5, 0.6) is 0 Å². The lowest BCUT2D eigenvalue weighted by Gasteiger charge is -2.26. The maximum atomic E-state index is 12.3. The smallest absolute Gasteiger partial charge is 0.336 e. The number of aliphatic carboxylic acids is 1. The van der Waals surface area contributed by atoms with Crippen molar-refractivity contribution in [2.45, 2.75) is 40.2 Å². The fourth-order valence-electron chi connectivity index (χ4n) is 2.59. The summed E-state index contributed by atoms with van der Waals surface area (Å²) >= 11 is 0. The fraction of sp³-hybridized carbons (Fsp3) is 0.421. The summed E-state index contributed by atoms with van der Waals surface area (Å²) < 4.78 is 10.7. The Morgan fingerprint density at radius 1 is 1.35 bits per heavy atom. The normalized spacial score (nSPS) is 14.5. The Morgan fingerprint density at radius 3 is 2.65 bits per heavy atom. The molecule has 2 heterocycles. The third-order valence-electron chi connectivity index (χ3n) is 3.82. The third kappa shape index (κ3) is 4.70. The predicted molar refractivity (Wildman–Crippen MR) is 96.0 cm³/mol. The molecule has 1 aliphatic heterocycles. The van der Waals surface area contributed by atoms with E-state index in [4.69, 9.17) is 9.47 Å². The van der Waals surface area contributed by atoms with Crippen molar-refractivity contribution in [1.29, 1.82) is 0 Å². The zero-order valence-electron chi connectivity index (χ0n) is 15.5. The molecule has 0 saturated carbocycles. The van der Waals surface area contributed by atoms with E-state index in [0.717, 1.165) is 5.69 Å². The quantitative estimate of drug-likeness (QED) is 0.721. The van der Waals surface area contributed by atoms with Crippen LogP contribution in [0.25, 0.3) is 5.70 Å². The lowest BCUT2D eigenvalue weighted by atomic mass is 9.94. The molecule has 1 aliphatic rings. The predicted octanol–water partition coefficient (Wildman–Crippen LogP) is 2.42. The molecule has 7 nitrogen and oxygen atoms in total. The second-order valence-corrected chi connectivity index (χ2v) is 6.18. The van der Waals surface area contributed by atoms with E-state index in [-0.39, 0.29) is 36.9 Å². The van der Waals surface area contributed by atoms with Crippen LogP contribution in [0.3, 0.4) is 0 Å². The average Bonchev–Trinajstić information content (AvgIpc) is 2.59. The molecule has 0 fully saturated rings. The molecule has 0 aliphatic carbocycles. The number of nitrogens with zero attached hydrogens (tertiary/aromatic N) is 1. The molecule has 0 spiro atoms. The van der Waals surface area contributed by atoms with E-state index in [1.165, 1.54) is 0 Å². The summed E-state index contributed by atoms with van der Waals surface area (Å²) in [6.07, 6.45) is 1.55. The minimum Gasteiger partial charge on any atom is -0.478 e. The maximum absolute atomic E-state index is 12.3. The van der Waals surface area contributed by atoms with Gasteiger partial charge in [0.2, 0.25) is 0 Å². The van der Waals surface area contributed by atoms with E-state index in [2.05, 4.69) is 10.3 Å². The van der Waals surface area contributed by atoms with Crippen LogP contribution < -0.4 is 5.32 Å². The Hall–Kier alpha value is -2.67. The van der Waals surface area contributed by atoms with E-state index in [1.807, 2.05) is 20.8 Å². The molecule has 140 valence electrons. The van der Waals surface area contributed by atoms with Gasteiger partial charge in [-0.25, -0.2) is 9.59 Å². The number of pyridine rings is 1. The number of rotatable bonds is 7. The molecule has 2 rings (SSSR count). The van der Waals surface area contributed by atoms with Crippen molar-refractivity contribution in [1.82, 2.24) is 10.3 Å². The summed E-state index contributed by atoms with van der Waals surface area (Å²) in [5.74, 6) is -1.63. The van der Waals surface area contributed by atoms with Crippen LogP contribution in [0, 0.1) is 6.92 Å². The molecule has 1 aromatic rings. The van der Waals surface area contributed by atoms with Gasteiger partial charge in [0.25, 0.3) is 0 Å². The number of aromatic nitrogens is 1. The largest absolute Gasteiger partial charge is 0.478 e. The number of esters is 1. The second kappa shape index (κ2) is 8.62. The number of carboxylic acid groups (broad SMARTS) is 1. The molecule has 26 heavy (non-hydrogen) atoms. The van der Waals surface area contributed by atoms with Gasteiger partial charge in [-0.05, 0) is 39.8 Å². The van der Waals surface area contributed by atoms with Gasteiger partial charge in [0.15, 0.2) is 0 Å². The van der Waals surface area contributed by atoms with Gasteiger partial charge in [0.05, 0.1) is 41.9 Å². The van der Waals surface area contributed by atoms with E-state index >= 15 is 0 Å². The second-order valence-electron chi connectivity index (χ2n) is 6.18. The van der Waals surface area contributed by atoms with Gasteiger partial charge in [-0.15, -0.1) is 0 Å². The minimum atomic E-state index is -1.09. The summed E-state index contributed by atoms with van der Waals surface area (Å²) in [7, 11) is 0. The molecule has 0 bridgehead atoms. The maximum Gasteiger partial charge on any atom is 0.336 e. The summed E-state index contributed by atoms with van der Waals surface area (Å²) in [5.41, 5.74) is 2.80. The van der Waals surface area contributed by atoms with Crippen LogP contribution in [0.2, 0.25) is 0 Å². The van der Waals surface area contributed by atoms with Gasteiger partial charge >= 0.3 is 11.9 Å². The van der Waals surface area contributed by atoms with Crippen LogP contribution in [0.4, 0.5) is 0 Å². The number of carbonyl (C=O) groups excluding carboxylic acids is 1. The molecule has 7 heteroatoms. The lowest BCUT2D eigenvalue weighted by molar-refractivity contribution is -0.138. The number of carboxylic acids is 1. The zero-order chi connectivity index (χ0) is 19.3. The van der Waals surface area contributed by atoms with Gasteiger partial charge in [0, 0.05) is 23.9 Å². The van der Waals surface area contributed by atoms with Crippen molar-refractivity contribution in [3.63, 3.8) is 0 Å². The molecular formula is C19H24N2O5. The first-order valence-electron chi connectivity index (χ1n) is 8.50. The highest BCUT2D eigenvalue weighted by molar-refractivity contribution is 6.01. The molecule has 0 saturated heterocycles. The highest BCUT2D eigenvalue weighted by Crippen LogP contribution is 2.30. The van der Waals surface area contributed by atoms with E-state index in [0.29, 0.717) is 17.0 Å². The lowest BCUT2D eigenvalue weighted by Crippen LogP contribution is -2.30. The van der Waals surface area contributed by atoms with Crippen molar-refractivity contribution in [3.8, 4) is 0 Å². The third-order valence-corrected chi connectivity index (χ3v) is 3.82. The number of nitrogens with one attached hydrogen (secondary N) is 1. The van der Waals surface area contributed by atoms with Crippen molar-refractivity contribution < 1.29 is 24.2 Å². The van der Waals surface area contributed by atoms with E-state index in [9.17, 15) is 14.7 Å². The van der Waals surface area contributed by atoms with Crippen LogP contribution in [-0.4, -0.2) is 41.3 Å². The molecule has 0 atom stereocenters. The molecule has 0 aromatic carbocycles. The highest BCUT2D eigenvalue weighted by atomic mass is 16.5. The van der Waals surface area contributed by atoms with Gasteiger partial charge in [-0.2, -0.15) is 0 Å². The Bertz CT molecular complexity index is 765. The first-order chi connectivity index (χ1) is 12.3. The van der Waals surface area contributed by atoms with E-state index in [1.54, 1.807) is 25.3 Å². The summed E-state index contributed by atoms with van der Waals surface area (Å²) in [6, 6.07) is 3.52. The van der Waals surface area contributed by atoms with Gasteiger partial charge in [-0.3, -0.25) is 4.98 Å². The van der Waals surface area contributed by atoms with Crippen molar-refractivity contribution >= 4 is 17.6 Å². The number of ether oxygens (including phenoxy) is 2. The Morgan fingerprint density at radius 2 is 2.08 bits per heavy atom. The summed E-state index contributed by atoms with van der Waals surface area (Å²) in [6.45, 7) is 7.68. The Kier molecular flexibility index (Phi) is 6.52. The Balaban J connectivity index is 2.46. The average molecular weight is 360 g/mol. The number of carbonyl (C=O) groups is 2. The zero-order valence-corrected chi connectivity index (χ0v) is 15.5. The number of hydrogen-bond donors (Lipinski definition) is 2. The van der Waals surface area contributed by atoms with E-state index < -0.39 is 11.9 Å². The topological polar surface area (TPSA) is 97.8 Å². The van der Waals surface area contributed by atoms with Crippen molar-refractivity contribution in [2.24, 2.45) is 0 Å². The monoisotopic (exact) mass is 360 g/mol. The molecule has 0 radical (unpaired) electrons. The van der Waals surface area contributed by atoms with Gasteiger partial charge in [0.1, 0.15) is 0 Å². The fourth-order valence-corrected chi connectivity index (χ4v) is 2.59. The number of aryl methyl sites for hydroxylation is 1. The van der Waals surface area contributed by atoms with Crippen LogP contribution in [-0.2, 0) is 19.1 Å². The molecule has 2 N–H and O–H groups in total. The standard InChI is InChI=1S/C19H24N2O5/c1-5-25-19(24)14-9-15(18(22)23)17(13-6-7-20-12(4)8-13)21-16(14)10-26-11(2)3/h6-8,11,21H,5,9-10H2,1-4H3,(H,22,23). The van der Waals surface area contributed by atoms with Crippen LogP contribution >= 0.6 is 0 Å². The Labute approximate surface area is 152 Å². The molecular weight excluding hydrogens is 336 g/mol. The van der Waals surface area contributed by atoms with Crippen LogP contribution in [0.15, 0.2) is 35.2 Å². The number of dihydropyridines is 1. The van der Waals surface area contributed by atoms with Crippen LogP contribution in [0.1, 0.15) is 38.4 Å². The van der Waals surface area contributed by atoms with Crippen molar-refractivity contribution in [2.75, 3.05) is 13.2 Å². The highest BCUT2D eigenvalue weighted by Gasteiger charge is 2.30. The summed E-state index contributed by atoms with van der Waals surface area (Å²) in [5, 5.41) is 12.8.